The van der Waals surface area contributed by atoms with Crippen molar-refractivity contribution in [2.75, 3.05) is 5.75 Å². The fourth-order valence-corrected chi connectivity index (χ4v) is 1.88. The van der Waals surface area contributed by atoms with Crippen molar-refractivity contribution in [1.82, 2.24) is 0 Å². The van der Waals surface area contributed by atoms with Crippen molar-refractivity contribution in [3.05, 3.63) is 18.1 Å². The maximum absolute atomic E-state index is 8.44. The summed E-state index contributed by atoms with van der Waals surface area (Å²) in [6.45, 7) is 1.92. The summed E-state index contributed by atoms with van der Waals surface area (Å²) in [6, 6.07) is 3.58. The van der Waals surface area contributed by atoms with Crippen molar-refractivity contribution >= 4 is 11.8 Å². The van der Waals surface area contributed by atoms with Crippen LogP contribution in [0.4, 0.5) is 0 Å². The lowest BCUT2D eigenvalue weighted by molar-refractivity contribution is 0.527. The SMILES string of the molecule is Cc1occc1SCCC(N)C#N. The number of thioether (sulfide) groups is 1. The molecule has 2 N–H and O–H groups in total. The fraction of sp³-hybridized carbons (Fsp3) is 0.444. The van der Waals surface area contributed by atoms with Crippen molar-refractivity contribution in [2.45, 2.75) is 24.3 Å². The summed E-state index contributed by atoms with van der Waals surface area (Å²) in [5.74, 6) is 1.78. The van der Waals surface area contributed by atoms with Gasteiger partial charge in [-0.15, -0.1) is 11.8 Å². The van der Waals surface area contributed by atoms with Gasteiger partial charge in [0, 0.05) is 10.6 Å². The molecule has 0 fully saturated rings. The Kier molecular flexibility index (Phi) is 3.87. The van der Waals surface area contributed by atoms with Crippen LogP contribution in [0.1, 0.15) is 12.2 Å². The molecule has 0 saturated carbocycles. The number of nitrogens with two attached hydrogens (primary N) is 1. The zero-order valence-electron chi connectivity index (χ0n) is 7.49. The molecule has 1 aromatic rings. The van der Waals surface area contributed by atoms with Gasteiger partial charge >= 0.3 is 0 Å². The Morgan fingerprint density at radius 1 is 1.77 bits per heavy atom. The van der Waals surface area contributed by atoms with Crippen molar-refractivity contribution in [2.24, 2.45) is 5.73 Å². The zero-order valence-corrected chi connectivity index (χ0v) is 8.30. The first-order valence-electron chi connectivity index (χ1n) is 4.06. The molecule has 1 atom stereocenters. The molecule has 0 bridgehead atoms. The minimum Gasteiger partial charge on any atom is -0.468 e. The van der Waals surface area contributed by atoms with E-state index in [1.165, 1.54) is 0 Å². The summed E-state index contributed by atoms with van der Waals surface area (Å²) in [4.78, 5) is 1.13. The highest BCUT2D eigenvalue weighted by Gasteiger charge is 2.03. The van der Waals surface area contributed by atoms with Crippen LogP contribution in [-0.4, -0.2) is 11.8 Å². The summed E-state index contributed by atoms with van der Waals surface area (Å²) >= 11 is 1.67. The lowest BCUT2D eigenvalue weighted by atomic mass is 10.3. The molecule has 0 saturated heterocycles. The minimum atomic E-state index is -0.347. The molecular formula is C9H12N2OS. The predicted molar refractivity (Wildman–Crippen MR) is 52.4 cm³/mol. The van der Waals surface area contributed by atoms with Crippen LogP contribution in [0.5, 0.6) is 0 Å². The van der Waals surface area contributed by atoms with Crippen molar-refractivity contribution in [1.29, 1.82) is 5.26 Å². The highest BCUT2D eigenvalue weighted by molar-refractivity contribution is 7.99. The van der Waals surface area contributed by atoms with Gasteiger partial charge in [0.15, 0.2) is 0 Å². The van der Waals surface area contributed by atoms with Crippen molar-refractivity contribution in [3.63, 3.8) is 0 Å². The van der Waals surface area contributed by atoms with E-state index < -0.39 is 0 Å². The molecule has 0 amide bonds. The third-order valence-corrected chi connectivity index (χ3v) is 2.84. The average molecular weight is 196 g/mol. The smallest absolute Gasteiger partial charge is 0.114 e. The van der Waals surface area contributed by atoms with Gasteiger partial charge < -0.3 is 10.2 Å². The molecule has 13 heavy (non-hydrogen) atoms. The van der Waals surface area contributed by atoms with E-state index in [1.807, 2.05) is 19.1 Å². The molecule has 1 heterocycles. The first-order valence-corrected chi connectivity index (χ1v) is 5.04. The van der Waals surface area contributed by atoms with Gasteiger partial charge in [-0.2, -0.15) is 5.26 Å². The molecule has 4 heteroatoms. The molecular weight excluding hydrogens is 184 g/mol. The molecule has 1 aromatic heterocycles. The Bertz CT molecular complexity index is 303. The van der Waals surface area contributed by atoms with Crippen LogP contribution < -0.4 is 5.73 Å². The van der Waals surface area contributed by atoms with Crippen LogP contribution in [0.3, 0.4) is 0 Å². The Balaban J connectivity index is 2.29. The molecule has 3 nitrogen and oxygen atoms in total. The van der Waals surface area contributed by atoms with Gasteiger partial charge in [0.2, 0.25) is 0 Å². The Hall–Kier alpha value is -0.920. The Labute approximate surface area is 81.9 Å². The van der Waals surface area contributed by atoms with Crippen molar-refractivity contribution < 1.29 is 4.42 Å². The molecule has 0 radical (unpaired) electrons. The lowest BCUT2D eigenvalue weighted by Crippen LogP contribution is -2.17. The average Bonchev–Trinajstić information content (AvgIpc) is 2.52. The maximum Gasteiger partial charge on any atom is 0.114 e. The second-order valence-electron chi connectivity index (χ2n) is 2.71. The third kappa shape index (κ3) is 3.13. The van der Waals surface area contributed by atoms with Gasteiger partial charge in [0.1, 0.15) is 5.76 Å². The Morgan fingerprint density at radius 3 is 3.08 bits per heavy atom. The molecule has 0 aromatic carbocycles. The van der Waals surface area contributed by atoms with E-state index in [-0.39, 0.29) is 6.04 Å². The summed E-state index contributed by atoms with van der Waals surface area (Å²) < 4.78 is 5.13. The van der Waals surface area contributed by atoms with Gasteiger partial charge in [-0.3, -0.25) is 0 Å². The molecule has 0 spiro atoms. The van der Waals surface area contributed by atoms with Crippen LogP contribution in [0.25, 0.3) is 0 Å². The molecule has 1 unspecified atom stereocenters. The first kappa shape index (κ1) is 10.2. The highest BCUT2D eigenvalue weighted by Crippen LogP contribution is 2.23. The van der Waals surface area contributed by atoms with Crippen LogP contribution in [0.15, 0.2) is 21.6 Å². The number of rotatable bonds is 4. The van der Waals surface area contributed by atoms with E-state index in [0.29, 0.717) is 6.42 Å². The van der Waals surface area contributed by atoms with Gasteiger partial charge in [0.05, 0.1) is 18.4 Å². The number of furan rings is 1. The van der Waals surface area contributed by atoms with Crippen LogP contribution >= 0.6 is 11.8 Å². The number of hydrogen-bond acceptors (Lipinski definition) is 4. The third-order valence-electron chi connectivity index (χ3n) is 1.66. The van der Waals surface area contributed by atoms with Crippen LogP contribution in [0.2, 0.25) is 0 Å². The minimum absolute atomic E-state index is 0.347. The van der Waals surface area contributed by atoms with E-state index in [2.05, 4.69) is 0 Å². The molecule has 0 aliphatic carbocycles. The van der Waals surface area contributed by atoms with Gasteiger partial charge in [-0.25, -0.2) is 0 Å². The lowest BCUT2D eigenvalue weighted by Gasteiger charge is -2.01. The topological polar surface area (TPSA) is 62.9 Å². The van der Waals surface area contributed by atoms with Gasteiger partial charge in [-0.1, -0.05) is 0 Å². The zero-order chi connectivity index (χ0) is 9.68. The summed E-state index contributed by atoms with van der Waals surface area (Å²) in [7, 11) is 0. The van der Waals surface area contributed by atoms with Crippen molar-refractivity contribution in [3.8, 4) is 6.07 Å². The Morgan fingerprint density at radius 2 is 2.54 bits per heavy atom. The molecule has 0 aliphatic heterocycles. The number of nitrogens with zero attached hydrogens (tertiary/aromatic N) is 1. The monoisotopic (exact) mass is 196 g/mol. The molecule has 0 aliphatic rings. The predicted octanol–water partition coefficient (Wildman–Crippen LogP) is 1.92. The second kappa shape index (κ2) is 4.95. The van der Waals surface area contributed by atoms with Gasteiger partial charge in [0.25, 0.3) is 0 Å². The summed E-state index contributed by atoms with van der Waals surface area (Å²) in [6.07, 6.45) is 2.38. The van der Waals surface area contributed by atoms with E-state index >= 15 is 0 Å². The van der Waals surface area contributed by atoms with Gasteiger partial charge in [-0.05, 0) is 19.4 Å². The summed E-state index contributed by atoms with van der Waals surface area (Å²) in [5.41, 5.74) is 5.45. The second-order valence-corrected chi connectivity index (χ2v) is 3.85. The number of hydrogen-bond donors (Lipinski definition) is 1. The van der Waals surface area contributed by atoms with E-state index in [0.717, 1.165) is 16.4 Å². The van der Waals surface area contributed by atoms with Crippen LogP contribution in [-0.2, 0) is 0 Å². The normalized spacial score (nSPS) is 12.4. The van der Waals surface area contributed by atoms with E-state index in [4.69, 9.17) is 15.4 Å². The molecule has 1 rings (SSSR count). The number of nitriles is 1. The van der Waals surface area contributed by atoms with Crippen LogP contribution in [0, 0.1) is 18.3 Å². The number of aryl methyl sites for hydroxylation is 1. The molecule has 70 valence electrons. The first-order chi connectivity index (χ1) is 6.24. The fourth-order valence-electron chi connectivity index (χ4n) is 0.883. The summed E-state index contributed by atoms with van der Waals surface area (Å²) in [5, 5.41) is 8.44. The highest BCUT2D eigenvalue weighted by atomic mass is 32.2. The quantitative estimate of drug-likeness (QED) is 0.747. The standard InChI is InChI=1S/C9H12N2OS/c1-7-9(2-4-12-7)13-5-3-8(11)6-10/h2,4,8H,3,5,11H2,1H3. The van der Waals surface area contributed by atoms with E-state index in [9.17, 15) is 0 Å². The van der Waals surface area contributed by atoms with E-state index in [1.54, 1.807) is 18.0 Å². The largest absolute Gasteiger partial charge is 0.468 e. The maximum atomic E-state index is 8.44.